The Labute approximate surface area is 115 Å². The first-order valence-corrected chi connectivity index (χ1v) is 6.93. The van der Waals surface area contributed by atoms with Crippen molar-refractivity contribution in [3.63, 3.8) is 0 Å². The van der Waals surface area contributed by atoms with Gasteiger partial charge in [-0.2, -0.15) is 0 Å². The minimum atomic E-state index is -0.881. The van der Waals surface area contributed by atoms with Crippen molar-refractivity contribution in [2.24, 2.45) is 0 Å². The molecule has 0 heterocycles. The van der Waals surface area contributed by atoms with E-state index in [0.29, 0.717) is 0 Å². The average molecular weight is 254 g/mol. The lowest BCUT2D eigenvalue weighted by atomic mass is 9.80. The van der Waals surface area contributed by atoms with Crippen molar-refractivity contribution in [3.05, 3.63) is 70.8 Å². The lowest BCUT2D eigenvalue weighted by Crippen LogP contribution is -2.28. The summed E-state index contributed by atoms with van der Waals surface area (Å²) in [5, 5.41) is 11.2. The fourth-order valence-electron chi connectivity index (χ4n) is 2.79. The molecule has 0 amide bonds. The molecule has 1 N–H and O–H groups in total. The molecule has 0 aliphatic heterocycles. The van der Waals surface area contributed by atoms with Gasteiger partial charge in [-0.15, -0.1) is 0 Å². The molecule has 1 atom stereocenters. The predicted octanol–water partition coefficient (Wildman–Crippen LogP) is 4.34. The second kappa shape index (κ2) is 5.58. The van der Waals surface area contributed by atoms with E-state index in [2.05, 4.69) is 39.0 Å². The first-order chi connectivity index (χ1) is 9.08. The van der Waals surface area contributed by atoms with Crippen LogP contribution >= 0.6 is 0 Å². The number of hydrogen-bond donors (Lipinski definition) is 1. The third-order valence-corrected chi connectivity index (χ3v) is 3.69. The molecule has 2 rings (SSSR count). The number of rotatable bonds is 4. The average Bonchev–Trinajstić information content (AvgIpc) is 2.39. The largest absolute Gasteiger partial charge is 0.380 e. The number of hydrogen-bond acceptors (Lipinski definition) is 1. The van der Waals surface area contributed by atoms with Gasteiger partial charge >= 0.3 is 0 Å². The predicted molar refractivity (Wildman–Crippen MR) is 80.3 cm³/mol. The van der Waals surface area contributed by atoms with E-state index < -0.39 is 5.60 Å². The second-order valence-corrected chi connectivity index (χ2v) is 5.29. The van der Waals surface area contributed by atoms with Crippen molar-refractivity contribution in [2.75, 3.05) is 0 Å². The molecular weight excluding hydrogens is 232 g/mol. The first-order valence-electron chi connectivity index (χ1n) is 6.93. The first kappa shape index (κ1) is 13.8. The number of aliphatic hydroxyl groups is 1. The van der Waals surface area contributed by atoms with E-state index in [1.165, 1.54) is 5.56 Å². The Kier molecular flexibility index (Phi) is 4.06. The Bertz CT molecular complexity index is 545. The third kappa shape index (κ3) is 2.71. The zero-order valence-corrected chi connectivity index (χ0v) is 12.0. The maximum Gasteiger partial charge on any atom is 0.115 e. The quantitative estimate of drug-likeness (QED) is 0.860. The summed E-state index contributed by atoms with van der Waals surface area (Å²) < 4.78 is 0. The van der Waals surface area contributed by atoms with Gasteiger partial charge in [0.1, 0.15) is 5.60 Å². The van der Waals surface area contributed by atoms with Gasteiger partial charge < -0.3 is 5.11 Å². The minimum absolute atomic E-state index is 0.737. The Morgan fingerprint density at radius 2 is 1.68 bits per heavy atom. The van der Waals surface area contributed by atoms with Crippen molar-refractivity contribution in [1.82, 2.24) is 0 Å². The summed E-state index contributed by atoms with van der Waals surface area (Å²) >= 11 is 0. The van der Waals surface area contributed by atoms with Crippen LogP contribution in [0.25, 0.3) is 0 Å². The summed E-state index contributed by atoms with van der Waals surface area (Å²) in [5.41, 5.74) is 3.50. The second-order valence-electron chi connectivity index (χ2n) is 5.29. The molecule has 0 aromatic heterocycles. The standard InChI is InChI=1S/C18H22O/c1-4-12-18(19,16-8-6-5-7-9-16)17-11-10-14(2)13-15(17)3/h5-11,13,19H,4,12H2,1-3H3. The van der Waals surface area contributed by atoms with Crippen LogP contribution in [-0.4, -0.2) is 5.11 Å². The summed E-state index contributed by atoms with van der Waals surface area (Å²) in [6.45, 7) is 6.27. The van der Waals surface area contributed by atoms with Crippen molar-refractivity contribution in [1.29, 1.82) is 0 Å². The molecule has 19 heavy (non-hydrogen) atoms. The van der Waals surface area contributed by atoms with Crippen molar-refractivity contribution in [3.8, 4) is 0 Å². The minimum Gasteiger partial charge on any atom is -0.380 e. The van der Waals surface area contributed by atoms with Gasteiger partial charge in [-0.25, -0.2) is 0 Å². The molecule has 1 nitrogen and oxygen atoms in total. The van der Waals surface area contributed by atoms with Gasteiger partial charge in [-0.3, -0.25) is 0 Å². The van der Waals surface area contributed by atoms with Crippen molar-refractivity contribution >= 4 is 0 Å². The Morgan fingerprint density at radius 1 is 1.00 bits per heavy atom. The van der Waals surface area contributed by atoms with Crippen LogP contribution in [0.2, 0.25) is 0 Å². The highest BCUT2D eigenvalue weighted by atomic mass is 16.3. The maximum atomic E-state index is 11.2. The summed E-state index contributed by atoms with van der Waals surface area (Å²) in [6.07, 6.45) is 1.68. The molecule has 0 saturated heterocycles. The van der Waals surface area contributed by atoms with Gasteiger partial charge in [-0.05, 0) is 37.0 Å². The molecule has 0 radical (unpaired) electrons. The smallest absolute Gasteiger partial charge is 0.115 e. The molecule has 1 unspecified atom stereocenters. The molecule has 1 heteroatoms. The molecule has 100 valence electrons. The van der Waals surface area contributed by atoms with Crippen LogP contribution < -0.4 is 0 Å². The molecule has 2 aromatic rings. The van der Waals surface area contributed by atoms with Gasteiger partial charge in [0, 0.05) is 0 Å². The number of benzene rings is 2. The molecule has 0 bridgehead atoms. The summed E-state index contributed by atoms with van der Waals surface area (Å²) in [7, 11) is 0. The van der Waals surface area contributed by atoms with Gasteiger partial charge in [0.2, 0.25) is 0 Å². The van der Waals surface area contributed by atoms with Crippen LogP contribution in [0.3, 0.4) is 0 Å². The van der Waals surface area contributed by atoms with Gasteiger partial charge in [0.15, 0.2) is 0 Å². The SMILES string of the molecule is CCCC(O)(c1ccccc1)c1ccc(C)cc1C. The van der Waals surface area contributed by atoms with Crippen molar-refractivity contribution in [2.45, 2.75) is 39.2 Å². The molecule has 0 saturated carbocycles. The van der Waals surface area contributed by atoms with Crippen LogP contribution in [0.1, 0.15) is 42.0 Å². The Hall–Kier alpha value is -1.60. The highest BCUT2D eigenvalue weighted by Crippen LogP contribution is 2.36. The molecule has 2 aromatic carbocycles. The van der Waals surface area contributed by atoms with E-state index in [1.807, 2.05) is 30.3 Å². The molecule has 0 aliphatic rings. The molecule has 0 aliphatic carbocycles. The van der Waals surface area contributed by atoms with Crippen LogP contribution in [0.5, 0.6) is 0 Å². The summed E-state index contributed by atoms with van der Waals surface area (Å²) in [4.78, 5) is 0. The van der Waals surface area contributed by atoms with Crippen molar-refractivity contribution < 1.29 is 5.11 Å². The lowest BCUT2D eigenvalue weighted by molar-refractivity contribution is 0.0695. The van der Waals surface area contributed by atoms with Gasteiger partial charge in [0.25, 0.3) is 0 Å². The summed E-state index contributed by atoms with van der Waals surface area (Å²) in [6, 6.07) is 16.2. The van der Waals surface area contributed by atoms with E-state index >= 15 is 0 Å². The molecule has 0 spiro atoms. The topological polar surface area (TPSA) is 20.2 Å². The Morgan fingerprint density at radius 3 is 2.26 bits per heavy atom. The monoisotopic (exact) mass is 254 g/mol. The van der Waals surface area contributed by atoms with Crippen LogP contribution in [0, 0.1) is 13.8 Å². The molecule has 0 fully saturated rings. The highest BCUT2D eigenvalue weighted by molar-refractivity contribution is 5.42. The fourth-order valence-corrected chi connectivity index (χ4v) is 2.79. The van der Waals surface area contributed by atoms with Gasteiger partial charge in [-0.1, -0.05) is 67.4 Å². The summed E-state index contributed by atoms with van der Waals surface area (Å²) in [5.74, 6) is 0. The van der Waals surface area contributed by atoms with E-state index in [4.69, 9.17) is 0 Å². The van der Waals surface area contributed by atoms with E-state index in [9.17, 15) is 5.11 Å². The normalized spacial score (nSPS) is 14.1. The van der Waals surface area contributed by atoms with E-state index in [1.54, 1.807) is 0 Å². The zero-order valence-electron chi connectivity index (χ0n) is 12.0. The molecular formula is C18H22O. The lowest BCUT2D eigenvalue weighted by Gasteiger charge is -2.30. The number of aryl methyl sites for hydroxylation is 2. The van der Waals surface area contributed by atoms with E-state index in [0.717, 1.165) is 29.5 Å². The third-order valence-electron chi connectivity index (χ3n) is 3.69. The Balaban J connectivity index is 2.56. The zero-order chi connectivity index (χ0) is 13.9. The van der Waals surface area contributed by atoms with Crippen LogP contribution in [0.15, 0.2) is 48.5 Å². The highest BCUT2D eigenvalue weighted by Gasteiger charge is 2.31. The van der Waals surface area contributed by atoms with Crippen LogP contribution in [0.4, 0.5) is 0 Å². The van der Waals surface area contributed by atoms with Crippen LogP contribution in [-0.2, 0) is 5.60 Å². The van der Waals surface area contributed by atoms with Gasteiger partial charge in [0.05, 0.1) is 0 Å². The van der Waals surface area contributed by atoms with E-state index in [-0.39, 0.29) is 0 Å². The fraction of sp³-hybridized carbons (Fsp3) is 0.333. The maximum absolute atomic E-state index is 11.2.